The number of esters is 1. The number of aryl methyl sites for hydroxylation is 1. The molecule has 16 heavy (non-hydrogen) atoms. The number of carbonyl (C=O) groups is 1. The molecule has 0 N–H and O–H groups in total. The normalized spacial score (nSPS) is 10.8. The van der Waals surface area contributed by atoms with Crippen molar-refractivity contribution >= 4 is 23.4 Å². The summed E-state index contributed by atoms with van der Waals surface area (Å²) < 4.78 is 4.74. The van der Waals surface area contributed by atoms with Crippen LogP contribution in [-0.2, 0) is 9.53 Å². The topological polar surface area (TPSA) is 88.0 Å². The molecule has 1 rings (SSSR count). The Balaban J connectivity index is 2.97. The Morgan fingerprint density at radius 3 is 3.06 bits per heavy atom. The second-order valence-corrected chi connectivity index (χ2v) is 3.79. The predicted octanol–water partition coefficient (Wildman–Crippen LogP) is 2.67. The number of aromatic nitrogens is 1. The summed E-state index contributed by atoms with van der Waals surface area (Å²) in [6, 6.07) is 0. The van der Waals surface area contributed by atoms with Gasteiger partial charge in [-0.25, -0.2) is 9.78 Å². The van der Waals surface area contributed by atoms with Crippen molar-refractivity contribution in [2.45, 2.75) is 13.8 Å². The lowest BCUT2D eigenvalue weighted by atomic mass is 10.3. The summed E-state index contributed by atoms with van der Waals surface area (Å²) in [6.07, 6.45) is 1.40. The van der Waals surface area contributed by atoms with Crippen molar-refractivity contribution in [3.63, 3.8) is 0 Å². The monoisotopic (exact) mass is 238 g/mol. The molecule has 6 nitrogen and oxygen atoms in total. The number of thiazole rings is 1. The minimum Gasteiger partial charge on any atom is -0.462 e. The highest BCUT2D eigenvalue weighted by atomic mass is 32.1. The van der Waals surface area contributed by atoms with Crippen LogP contribution in [0.15, 0.2) is 16.2 Å². The van der Waals surface area contributed by atoms with Crippen LogP contribution in [0.2, 0.25) is 0 Å². The van der Waals surface area contributed by atoms with E-state index in [0.717, 1.165) is 5.01 Å². The van der Waals surface area contributed by atoms with E-state index in [0.29, 0.717) is 5.69 Å². The second kappa shape index (κ2) is 5.89. The highest BCUT2D eigenvalue weighted by Crippen LogP contribution is 2.13. The molecular weight excluding hydrogens is 228 g/mol. The molecule has 1 aromatic rings. The van der Waals surface area contributed by atoms with Crippen LogP contribution < -0.4 is 0 Å². The van der Waals surface area contributed by atoms with E-state index in [9.17, 15) is 4.79 Å². The van der Waals surface area contributed by atoms with Crippen LogP contribution in [0.3, 0.4) is 0 Å². The first-order chi connectivity index (χ1) is 7.67. The van der Waals surface area contributed by atoms with E-state index in [2.05, 4.69) is 15.0 Å². The van der Waals surface area contributed by atoms with Gasteiger partial charge in [-0.3, -0.25) is 0 Å². The number of hydrogen-bond donors (Lipinski definition) is 0. The van der Waals surface area contributed by atoms with Crippen molar-refractivity contribution in [2.24, 2.45) is 5.11 Å². The Morgan fingerprint density at radius 2 is 2.56 bits per heavy atom. The number of nitrogens with zero attached hydrogens (tertiary/aromatic N) is 4. The molecule has 0 bridgehead atoms. The molecule has 0 unspecified atom stereocenters. The largest absolute Gasteiger partial charge is 0.462 e. The minimum absolute atomic E-state index is 0.0883. The van der Waals surface area contributed by atoms with Gasteiger partial charge in [0.2, 0.25) is 0 Å². The SMILES string of the molecule is CCOC(=O)/C(=C\c1csc(C)n1)N=[N+]=[N-]. The fourth-order valence-electron chi connectivity index (χ4n) is 0.968. The van der Waals surface area contributed by atoms with Crippen LogP contribution in [0.5, 0.6) is 0 Å². The van der Waals surface area contributed by atoms with Crippen LogP contribution in [0, 0.1) is 6.92 Å². The van der Waals surface area contributed by atoms with Crippen molar-refractivity contribution in [1.29, 1.82) is 0 Å². The molecule has 0 amide bonds. The molecule has 84 valence electrons. The lowest BCUT2D eigenvalue weighted by Gasteiger charge is -1.99. The molecule has 0 aliphatic carbocycles. The van der Waals surface area contributed by atoms with Crippen molar-refractivity contribution in [1.82, 2.24) is 4.98 Å². The van der Waals surface area contributed by atoms with E-state index in [1.807, 2.05) is 6.92 Å². The first-order valence-corrected chi connectivity index (χ1v) is 5.41. The van der Waals surface area contributed by atoms with Gasteiger partial charge >= 0.3 is 5.97 Å². The Bertz CT molecular complexity index is 460. The molecule has 1 heterocycles. The van der Waals surface area contributed by atoms with Gasteiger partial charge in [0.05, 0.1) is 17.3 Å². The number of azide groups is 1. The fraction of sp³-hybridized carbons (Fsp3) is 0.333. The summed E-state index contributed by atoms with van der Waals surface area (Å²) in [7, 11) is 0. The average Bonchev–Trinajstić information content (AvgIpc) is 2.64. The summed E-state index contributed by atoms with van der Waals surface area (Å²) >= 11 is 1.45. The van der Waals surface area contributed by atoms with Gasteiger partial charge in [0.25, 0.3) is 0 Å². The van der Waals surface area contributed by atoms with E-state index < -0.39 is 5.97 Å². The summed E-state index contributed by atoms with van der Waals surface area (Å²) in [4.78, 5) is 18.1. The molecule has 0 aromatic carbocycles. The molecule has 0 saturated carbocycles. The maximum Gasteiger partial charge on any atom is 0.340 e. The molecule has 0 radical (unpaired) electrons. The van der Waals surface area contributed by atoms with E-state index >= 15 is 0 Å². The van der Waals surface area contributed by atoms with Gasteiger partial charge < -0.3 is 4.74 Å². The first-order valence-electron chi connectivity index (χ1n) is 4.53. The molecule has 0 spiro atoms. The van der Waals surface area contributed by atoms with E-state index in [1.165, 1.54) is 17.4 Å². The zero-order valence-electron chi connectivity index (χ0n) is 8.88. The van der Waals surface area contributed by atoms with Gasteiger partial charge in [-0.2, -0.15) is 0 Å². The standard InChI is InChI=1S/C9H10N4O2S/c1-3-15-9(14)8(12-13-10)4-7-5-16-6(2)11-7/h4-5H,3H2,1-2H3/b8-4+. The third kappa shape index (κ3) is 3.38. The second-order valence-electron chi connectivity index (χ2n) is 2.73. The summed E-state index contributed by atoms with van der Waals surface area (Å²) in [5, 5.41) is 5.92. The van der Waals surface area contributed by atoms with Gasteiger partial charge in [-0.15, -0.1) is 11.3 Å². The molecule has 0 saturated heterocycles. The molecular formula is C9H10N4O2S. The fourth-order valence-corrected chi connectivity index (χ4v) is 1.54. The number of rotatable bonds is 4. The lowest BCUT2D eigenvalue weighted by Crippen LogP contribution is -2.05. The van der Waals surface area contributed by atoms with E-state index in [-0.39, 0.29) is 12.3 Å². The average molecular weight is 238 g/mol. The summed E-state index contributed by atoms with van der Waals surface area (Å²) in [6.45, 7) is 3.76. The number of hydrogen-bond acceptors (Lipinski definition) is 5. The van der Waals surface area contributed by atoms with Crippen LogP contribution in [0.4, 0.5) is 0 Å². The minimum atomic E-state index is -0.647. The van der Waals surface area contributed by atoms with Crippen LogP contribution in [-0.4, -0.2) is 17.6 Å². The number of ether oxygens (including phenoxy) is 1. The highest BCUT2D eigenvalue weighted by Gasteiger charge is 2.09. The Morgan fingerprint density at radius 1 is 1.81 bits per heavy atom. The molecule has 7 heteroatoms. The van der Waals surface area contributed by atoms with Crippen molar-refractivity contribution in [2.75, 3.05) is 6.61 Å². The maximum atomic E-state index is 11.4. The first kappa shape index (κ1) is 12.2. The van der Waals surface area contributed by atoms with Crippen molar-refractivity contribution < 1.29 is 9.53 Å². The van der Waals surface area contributed by atoms with Crippen LogP contribution in [0.25, 0.3) is 16.5 Å². The molecule has 0 aliphatic rings. The molecule has 0 atom stereocenters. The van der Waals surface area contributed by atoms with E-state index in [1.54, 1.807) is 12.3 Å². The zero-order chi connectivity index (χ0) is 12.0. The smallest absolute Gasteiger partial charge is 0.340 e. The maximum absolute atomic E-state index is 11.4. The quantitative estimate of drug-likeness (QED) is 0.265. The third-order valence-electron chi connectivity index (χ3n) is 1.56. The van der Waals surface area contributed by atoms with Crippen molar-refractivity contribution in [3.8, 4) is 0 Å². The Labute approximate surface area is 96.2 Å². The molecule has 0 aliphatic heterocycles. The summed E-state index contributed by atoms with van der Waals surface area (Å²) in [5.74, 6) is -0.647. The van der Waals surface area contributed by atoms with E-state index in [4.69, 9.17) is 10.3 Å². The third-order valence-corrected chi connectivity index (χ3v) is 2.35. The Kier molecular flexibility index (Phi) is 4.50. The highest BCUT2D eigenvalue weighted by molar-refractivity contribution is 7.09. The van der Waals surface area contributed by atoms with Gasteiger partial charge in [-0.1, -0.05) is 5.11 Å². The van der Waals surface area contributed by atoms with Crippen LogP contribution >= 0.6 is 11.3 Å². The summed E-state index contributed by atoms with van der Waals surface area (Å²) in [5.41, 5.74) is 8.82. The predicted molar refractivity (Wildman–Crippen MR) is 60.6 cm³/mol. The molecule has 0 fully saturated rings. The Hall–Kier alpha value is -1.85. The van der Waals surface area contributed by atoms with Crippen molar-refractivity contribution in [3.05, 3.63) is 32.2 Å². The zero-order valence-corrected chi connectivity index (χ0v) is 9.69. The van der Waals surface area contributed by atoms with Gasteiger partial charge in [0.15, 0.2) is 0 Å². The lowest BCUT2D eigenvalue weighted by molar-refractivity contribution is -0.138. The molecule has 1 aromatic heterocycles. The van der Waals surface area contributed by atoms with Gasteiger partial charge in [0.1, 0.15) is 5.70 Å². The van der Waals surface area contributed by atoms with Crippen LogP contribution in [0.1, 0.15) is 17.6 Å². The van der Waals surface area contributed by atoms with Gasteiger partial charge in [-0.05, 0) is 25.5 Å². The number of carbonyl (C=O) groups excluding carboxylic acids is 1. The van der Waals surface area contributed by atoms with Gasteiger partial charge in [0, 0.05) is 10.3 Å².